The third-order valence-electron chi connectivity index (χ3n) is 10.4. The molecular weight excluding hydrogens is 702 g/mol. The predicted molar refractivity (Wildman–Crippen MR) is 212 cm³/mol. The zero-order chi connectivity index (χ0) is 32.5. The van der Waals surface area contributed by atoms with E-state index in [9.17, 15) is 0 Å². The quantitative estimate of drug-likeness (QED) is 0.0404. The molecule has 0 aliphatic heterocycles. The van der Waals surface area contributed by atoms with E-state index in [0.717, 1.165) is 11.2 Å². The summed E-state index contributed by atoms with van der Waals surface area (Å²) in [5.41, 5.74) is 2.16. The molecular formula is C44H64OSe2. The van der Waals surface area contributed by atoms with Crippen molar-refractivity contribution in [2.75, 3.05) is 0 Å². The molecule has 3 aromatic heterocycles. The molecule has 258 valence electrons. The molecule has 3 heteroatoms. The fraction of sp³-hybridized carbons (Fsp3) is 0.636. The van der Waals surface area contributed by atoms with Gasteiger partial charge in [0.05, 0.1) is 0 Å². The van der Waals surface area contributed by atoms with Crippen LogP contribution in [0.3, 0.4) is 0 Å². The Morgan fingerprint density at radius 1 is 0.383 bits per heavy atom. The molecule has 0 radical (unpaired) electrons. The number of fused-ring (bicyclic) bond motifs is 5. The Bertz CT molecular complexity index is 1470. The van der Waals surface area contributed by atoms with Crippen LogP contribution in [0.1, 0.15) is 177 Å². The monoisotopic (exact) mass is 768 g/mol. The van der Waals surface area contributed by atoms with Gasteiger partial charge < -0.3 is 0 Å². The average molecular weight is 767 g/mol. The molecule has 0 aliphatic carbocycles. The molecule has 5 rings (SSSR count). The van der Waals surface area contributed by atoms with Crippen molar-refractivity contribution < 1.29 is 4.42 Å². The van der Waals surface area contributed by atoms with Gasteiger partial charge in [-0.1, -0.05) is 39.5 Å². The van der Waals surface area contributed by atoms with Gasteiger partial charge in [0.1, 0.15) is 0 Å². The van der Waals surface area contributed by atoms with Gasteiger partial charge in [-0.05, 0) is 0 Å². The molecule has 5 aromatic rings. The minimum absolute atomic E-state index is 0.481. The van der Waals surface area contributed by atoms with E-state index in [1.165, 1.54) is 188 Å². The Morgan fingerprint density at radius 2 is 0.702 bits per heavy atom. The van der Waals surface area contributed by atoms with E-state index in [2.05, 4.69) is 50.2 Å². The van der Waals surface area contributed by atoms with Crippen molar-refractivity contribution in [3.63, 3.8) is 0 Å². The number of furan rings is 1. The van der Waals surface area contributed by atoms with Gasteiger partial charge in [0, 0.05) is 0 Å². The van der Waals surface area contributed by atoms with Gasteiger partial charge in [-0.25, -0.2) is 0 Å². The maximum atomic E-state index is 6.48. The Morgan fingerprint density at radius 3 is 1.04 bits per heavy atom. The Hall–Kier alpha value is -1.24. The van der Waals surface area contributed by atoms with Crippen molar-refractivity contribution in [1.29, 1.82) is 0 Å². The minimum atomic E-state index is 0.481. The van der Waals surface area contributed by atoms with Crippen LogP contribution in [-0.4, -0.2) is 29.0 Å². The second-order valence-electron chi connectivity index (χ2n) is 14.6. The van der Waals surface area contributed by atoms with Gasteiger partial charge in [-0.15, -0.1) is 0 Å². The molecule has 0 saturated heterocycles. The summed E-state index contributed by atoms with van der Waals surface area (Å²) in [6.45, 7) is 4.61. The Labute approximate surface area is 299 Å². The summed E-state index contributed by atoms with van der Waals surface area (Å²) in [7, 11) is 0. The second kappa shape index (κ2) is 21.1. The van der Waals surface area contributed by atoms with Crippen LogP contribution >= 0.6 is 0 Å². The van der Waals surface area contributed by atoms with E-state index < -0.39 is 0 Å². The standard InChI is InChI=1S/C44H64OSe2/c1-3-5-7-9-11-13-15-17-19-21-23-25-27-37-29-35-31-41-39(33-43(35)46-37)40-34-44-36(32-42(40)45-41)30-38(47-44)28-26-24-22-20-18-16-14-12-10-8-6-4-2/h29-34H,3-28H2,1-2H3. The topological polar surface area (TPSA) is 13.1 Å². The number of aryl methyl sites for hydroxylation is 2. The number of rotatable bonds is 26. The van der Waals surface area contributed by atoms with E-state index in [-0.39, 0.29) is 0 Å². The van der Waals surface area contributed by atoms with Gasteiger partial charge in [0.2, 0.25) is 0 Å². The SMILES string of the molecule is CCCCCCCCCCCCCCc1cc2cc3oc4cc5cc(CCCCCCCCCCCCCC)[se]c5cc4c3cc2[se]1. The predicted octanol–water partition coefficient (Wildman–Crippen LogP) is 14.5. The Kier molecular flexibility index (Phi) is 16.6. The van der Waals surface area contributed by atoms with Crippen molar-refractivity contribution in [2.45, 2.75) is 181 Å². The summed E-state index contributed by atoms with van der Waals surface area (Å²) < 4.78 is 13.0. The first-order chi connectivity index (χ1) is 23.2. The van der Waals surface area contributed by atoms with E-state index in [4.69, 9.17) is 4.42 Å². The van der Waals surface area contributed by atoms with Crippen molar-refractivity contribution in [3.05, 3.63) is 45.3 Å². The number of benzene rings is 2. The van der Waals surface area contributed by atoms with Gasteiger partial charge >= 0.3 is 261 Å². The number of unbranched alkanes of at least 4 members (excludes halogenated alkanes) is 22. The molecule has 3 heterocycles. The van der Waals surface area contributed by atoms with Crippen molar-refractivity contribution in [3.8, 4) is 0 Å². The normalized spacial score (nSPS) is 12.1. The molecule has 0 atom stereocenters. The average Bonchev–Trinajstić information content (AvgIpc) is 3.77. The second-order valence-corrected chi connectivity index (χ2v) is 19.5. The van der Waals surface area contributed by atoms with Crippen LogP contribution in [-0.2, 0) is 12.8 Å². The van der Waals surface area contributed by atoms with E-state index in [1.54, 1.807) is 17.4 Å². The molecule has 0 aliphatic rings. The third kappa shape index (κ3) is 11.9. The number of hydrogen-bond acceptors (Lipinski definition) is 1. The first kappa shape index (κ1) is 37.0. The molecule has 0 unspecified atom stereocenters. The van der Waals surface area contributed by atoms with Gasteiger partial charge in [0.25, 0.3) is 0 Å². The molecule has 0 fully saturated rings. The summed E-state index contributed by atoms with van der Waals surface area (Å²) in [4.78, 5) is 0. The zero-order valence-corrected chi connectivity index (χ0v) is 33.5. The van der Waals surface area contributed by atoms with Crippen LogP contribution in [0.25, 0.3) is 41.2 Å². The van der Waals surface area contributed by atoms with Crippen LogP contribution in [0.2, 0.25) is 0 Å². The van der Waals surface area contributed by atoms with Crippen LogP contribution in [0.4, 0.5) is 0 Å². The van der Waals surface area contributed by atoms with Gasteiger partial charge in [0.15, 0.2) is 0 Å². The van der Waals surface area contributed by atoms with Crippen molar-refractivity contribution >= 4 is 70.2 Å². The van der Waals surface area contributed by atoms with Crippen LogP contribution in [0.15, 0.2) is 40.8 Å². The fourth-order valence-electron chi connectivity index (χ4n) is 7.48. The van der Waals surface area contributed by atoms with E-state index >= 15 is 0 Å². The van der Waals surface area contributed by atoms with Crippen LogP contribution < -0.4 is 0 Å². The summed E-state index contributed by atoms with van der Waals surface area (Å²) in [6.07, 6.45) is 36.8. The summed E-state index contributed by atoms with van der Waals surface area (Å²) in [5.74, 6) is 0. The molecule has 0 saturated carbocycles. The zero-order valence-electron chi connectivity index (χ0n) is 30.1. The maximum absolute atomic E-state index is 6.48. The number of hydrogen-bond donors (Lipinski definition) is 0. The van der Waals surface area contributed by atoms with Gasteiger partial charge in [-0.2, -0.15) is 0 Å². The van der Waals surface area contributed by atoms with E-state index in [1.807, 2.05) is 0 Å². The fourth-order valence-corrected chi connectivity index (χ4v) is 12.2. The molecule has 1 nitrogen and oxygen atoms in total. The van der Waals surface area contributed by atoms with Crippen LogP contribution in [0.5, 0.6) is 0 Å². The molecule has 0 bridgehead atoms. The van der Waals surface area contributed by atoms with Crippen molar-refractivity contribution in [1.82, 2.24) is 0 Å². The first-order valence-corrected chi connectivity index (χ1v) is 23.5. The third-order valence-corrected chi connectivity index (χ3v) is 15.3. The molecule has 2 aromatic carbocycles. The molecule has 0 amide bonds. The molecule has 0 spiro atoms. The first-order valence-electron chi connectivity index (χ1n) is 20.1. The molecule has 0 N–H and O–H groups in total. The van der Waals surface area contributed by atoms with Crippen molar-refractivity contribution in [2.24, 2.45) is 0 Å². The summed E-state index contributed by atoms with van der Waals surface area (Å²) in [5, 5.41) is 5.53. The Balaban J connectivity index is 1.03. The van der Waals surface area contributed by atoms with Crippen LogP contribution in [0, 0.1) is 0 Å². The van der Waals surface area contributed by atoms with Gasteiger partial charge in [-0.3, -0.25) is 0 Å². The van der Waals surface area contributed by atoms with E-state index in [0.29, 0.717) is 29.0 Å². The molecule has 47 heavy (non-hydrogen) atoms. The summed E-state index contributed by atoms with van der Waals surface area (Å²) >= 11 is 0.961. The summed E-state index contributed by atoms with van der Waals surface area (Å²) in [6, 6.07) is 14.6.